The molecule has 0 atom stereocenters. The van der Waals surface area contributed by atoms with Gasteiger partial charge in [0.2, 0.25) is 0 Å². The van der Waals surface area contributed by atoms with E-state index in [2.05, 4.69) is 4.98 Å². The van der Waals surface area contributed by atoms with Crippen LogP contribution in [-0.4, -0.2) is 37.3 Å². The lowest BCUT2D eigenvalue weighted by molar-refractivity contribution is 0.0497. The van der Waals surface area contributed by atoms with E-state index < -0.39 is 0 Å². The highest BCUT2D eigenvalue weighted by Gasteiger charge is 2.14. The van der Waals surface area contributed by atoms with Gasteiger partial charge in [-0.2, -0.15) is 0 Å². The second-order valence-electron chi connectivity index (χ2n) is 3.95. The van der Waals surface area contributed by atoms with Crippen molar-refractivity contribution >= 4 is 12.9 Å². The molecule has 0 bridgehead atoms. The van der Waals surface area contributed by atoms with Crippen molar-refractivity contribution in [1.82, 2.24) is 4.98 Å². The summed E-state index contributed by atoms with van der Waals surface area (Å²) in [7, 11) is 1.02. The Labute approximate surface area is 95.9 Å². The molecule has 0 amide bonds. The third kappa shape index (κ3) is 3.22. The summed E-state index contributed by atoms with van der Waals surface area (Å²) in [6, 6.07) is 1.77. The first kappa shape index (κ1) is 11.4. The van der Waals surface area contributed by atoms with E-state index in [-0.39, 0.29) is 0 Å². The first-order chi connectivity index (χ1) is 7.88. The Morgan fingerprint density at radius 3 is 3.00 bits per heavy atom. The fraction of sp³-hybridized carbons (Fsp3) is 0.545. The second-order valence-corrected chi connectivity index (χ2v) is 3.95. The van der Waals surface area contributed by atoms with Crippen LogP contribution in [0, 0.1) is 5.92 Å². The van der Waals surface area contributed by atoms with Gasteiger partial charge in [0.1, 0.15) is 5.75 Å². The summed E-state index contributed by atoms with van der Waals surface area (Å²) in [4.78, 5) is 3.98. The molecule has 85 valence electrons. The maximum Gasteiger partial charge on any atom is 0.328 e. The third-order valence-electron chi connectivity index (χ3n) is 2.71. The van der Waals surface area contributed by atoms with Crippen LogP contribution in [0.1, 0.15) is 12.8 Å². The summed E-state index contributed by atoms with van der Waals surface area (Å²) >= 11 is 0. The summed E-state index contributed by atoms with van der Waals surface area (Å²) in [5.74, 6) is 1.27. The van der Waals surface area contributed by atoms with Gasteiger partial charge >= 0.3 is 7.48 Å². The molecule has 1 radical (unpaired) electrons. The Hall–Kier alpha value is -1.07. The van der Waals surface area contributed by atoms with Gasteiger partial charge in [0.05, 0.1) is 12.8 Å². The Morgan fingerprint density at radius 1 is 1.44 bits per heavy atom. The zero-order valence-corrected chi connectivity index (χ0v) is 9.13. The number of nitrogens with zero attached hydrogens (tertiary/aromatic N) is 1. The molecule has 0 spiro atoms. The van der Waals surface area contributed by atoms with Gasteiger partial charge in [0.25, 0.3) is 0 Å². The molecular formula is C11H15BNO3. The lowest BCUT2D eigenvalue weighted by Crippen LogP contribution is -2.22. The molecule has 2 heterocycles. The fourth-order valence-electron chi connectivity index (χ4n) is 1.71. The van der Waals surface area contributed by atoms with E-state index >= 15 is 0 Å². The second kappa shape index (κ2) is 5.87. The van der Waals surface area contributed by atoms with Crippen LogP contribution in [0.4, 0.5) is 0 Å². The van der Waals surface area contributed by atoms with Gasteiger partial charge in [-0.3, -0.25) is 4.98 Å². The largest absolute Gasteiger partial charge is 0.492 e. The lowest BCUT2D eigenvalue weighted by Gasteiger charge is -2.22. The number of hydrogen-bond donors (Lipinski definition) is 1. The van der Waals surface area contributed by atoms with Crippen molar-refractivity contribution in [1.29, 1.82) is 0 Å². The van der Waals surface area contributed by atoms with Crippen molar-refractivity contribution < 1.29 is 14.5 Å². The van der Waals surface area contributed by atoms with E-state index in [0.717, 1.165) is 33.5 Å². The molecule has 16 heavy (non-hydrogen) atoms. The van der Waals surface area contributed by atoms with E-state index in [1.54, 1.807) is 18.5 Å². The van der Waals surface area contributed by atoms with Crippen LogP contribution < -0.4 is 10.2 Å². The standard InChI is InChI=1S/C11H15BNO3/c14-12-10-5-11(7-13-6-10)16-8-9-1-3-15-4-2-9/h5-7,9,14H,1-4,8H2. The normalized spacial score (nSPS) is 17.1. The first-order valence-electron chi connectivity index (χ1n) is 5.51. The van der Waals surface area contributed by atoms with E-state index in [1.807, 2.05) is 0 Å². The molecule has 1 saturated heterocycles. The smallest absolute Gasteiger partial charge is 0.328 e. The first-order valence-corrected chi connectivity index (χ1v) is 5.51. The Bertz CT molecular complexity index is 329. The van der Waals surface area contributed by atoms with E-state index in [1.165, 1.54) is 0 Å². The van der Waals surface area contributed by atoms with Crippen LogP contribution in [0.3, 0.4) is 0 Å². The highest BCUT2D eigenvalue weighted by atomic mass is 16.5. The topological polar surface area (TPSA) is 51.6 Å². The van der Waals surface area contributed by atoms with Crippen molar-refractivity contribution in [3.05, 3.63) is 18.5 Å². The van der Waals surface area contributed by atoms with Crippen molar-refractivity contribution in [3.63, 3.8) is 0 Å². The zero-order chi connectivity index (χ0) is 11.2. The van der Waals surface area contributed by atoms with Gasteiger partial charge in [-0.15, -0.1) is 0 Å². The summed E-state index contributed by atoms with van der Waals surface area (Å²) in [6.45, 7) is 2.35. The molecule has 4 nitrogen and oxygen atoms in total. The molecule has 1 fully saturated rings. The van der Waals surface area contributed by atoms with Crippen molar-refractivity contribution in [3.8, 4) is 5.75 Å². The van der Waals surface area contributed by atoms with Crippen LogP contribution in [-0.2, 0) is 4.74 Å². The third-order valence-corrected chi connectivity index (χ3v) is 2.71. The average Bonchev–Trinajstić information content (AvgIpc) is 2.38. The molecule has 1 aliphatic heterocycles. The molecule has 0 saturated carbocycles. The lowest BCUT2D eigenvalue weighted by atomic mass is 9.91. The summed E-state index contributed by atoms with van der Waals surface area (Å²) in [6.07, 6.45) is 5.35. The van der Waals surface area contributed by atoms with E-state index in [9.17, 15) is 0 Å². The minimum Gasteiger partial charge on any atom is -0.492 e. The Morgan fingerprint density at radius 2 is 2.25 bits per heavy atom. The zero-order valence-electron chi connectivity index (χ0n) is 9.13. The minimum atomic E-state index is 0.565. The summed E-state index contributed by atoms with van der Waals surface area (Å²) in [5, 5.41) is 8.84. The van der Waals surface area contributed by atoms with Crippen LogP contribution in [0.25, 0.3) is 0 Å². The van der Waals surface area contributed by atoms with E-state index in [0.29, 0.717) is 23.7 Å². The van der Waals surface area contributed by atoms with Gasteiger partial charge in [-0.25, -0.2) is 0 Å². The maximum absolute atomic E-state index is 8.84. The summed E-state index contributed by atoms with van der Waals surface area (Å²) in [5.41, 5.74) is 0.657. The number of pyridine rings is 1. The number of hydrogen-bond acceptors (Lipinski definition) is 4. The van der Waals surface area contributed by atoms with Gasteiger partial charge in [0, 0.05) is 19.4 Å². The molecule has 1 aromatic heterocycles. The highest BCUT2D eigenvalue weighted by Crippen LogP contribution is 2.16. The van der Waals surface area contributed by atoms with Crippen molar-refractivity contribution in [2.24, 2.45) is 5.92 Å². The molecule has 0 aliphatic carbocycles. The van der Waals surface area contributed by atoms with Gasteiger partial charge < -0.3 is 14.5 Å². The Balaban J connectivity index is 1.83. The van der Waals surface area contributed by atoms with Gasteiger partial charge in [0.15, 0.2) is 0 Å². The number of rotatable bonds is 4. The van der Waals surface area contributed by atoms with Crippen molar-refractivity contribution in [2.75, 3.05) is 19.8 Å². The fourth-order valence-corrected chi connectivity index (χ4v) is 1.71. The number of ether oxygens (including phenoxy) is 2. The highest BCUT2D eigenvalue weighted by molar-refractivity contribution is 6.45. The molecule has 0 aromatic carbocycles. The molecule has 1 aliphatic rings. The SMILES string of the molecule is O[B]c1cncc(OCC2CCOCC2)c1. The molecule has 5 heteroatoms. The predicted molar refractivity (Wildman–Crippen MR) is 60.9 cm³/mol. The van der Waals surface area contributed by atoms with Crippen molar-refractivity contribution in [2.45, 2.75) is 12.8 Å². The maximum atomic E-state index is 8.84. The van der Waals surface area contributed by atoms with Crippen LogP contribution in [0.15, 0.2) is 18.5 Å². The molecule has 2 rings (SSSR count). The van der Waals surface area contributed by atoms with E-state index in [4.69, 9.17) is 14.5 Å². The minimum absolute atomic E-state index is 0.565. The predicted octanol–water partition coefficient (Wildman–Crippen LogP) is 0.124. The monoisotopic (exact) mass is 220 g/mol. The molecular weight excluding hydrogens is 205 g/mol. The van der Waals surface area contributed by atoms with Gasteiger partial charge in [-0.1, -0.05) is 0 Å². The van der Waals surface area contributed by atoms with Crippen LogP contribution in [0.2, 0.25) is 0 Å². The molecule has 1 aromatic rings. The molecule has 1 N–H and O–H groups in total. The Kier molecular flexibility index (Phi) is 4.19. The van der Waals surface area contributed by atoms with Crippen LogP contribution in [0.5, 0.6) is 5.75 Å². The average molecular weight is 220 g/mol. The van der Waals surface area contributed by atoms with Gasteiger partial charge in [-0.05, 0) is 30.3 Å². The molecule has 0 unspecified atom stereocenters. The number of aromatic nitrogens is 1. The van der Waals surface area contributed by atoms with Crippen LogP contribution >= 0.6 is 0 Å². The summed E-state index contributed by atoms with van der Waals surface area (Å²) < 4.78 is 10.9. The quantitative estimate of drug-likeness (QED) is 0.732.